The van der Waals surface area contributed by atoms with Crippen molar-refractivity contribution in [1.82, 2.24) is 0 Å². The van der Waals surface area contributed by atoms with Crippen LogP contribution < -0.4 is 0 Å². The van der Waals surface area contributed by atoms with Gasteiger partial charge in [0.2, 0.25) is 0 Å². The fourth-order valence-electron chi connectivity index (χ4n) is 0.730. The van der Waals surface area contributed by atoms with Crippen molar-refractivity contribution in [2.45, 2.75) is 19.1 Å². The van der Waals surface area contributed by atoms with Crippen LogP contribution >= 0.6 is 23.5 Å². The van der Waals surface area contributed by atoms with Crippen LogP contribution in [-0.4, -0.2) is 26.2 Å². The number of nitriles is 1. The predicted molar refractivity (Wildman–Crippen MR) is 63.7 cm³/mol. The molecule has 0 fully saturated rings. The molecule has 0 aliphatic carbocycles. The lowest BCUT2D eigenvalue weighted by Gasteiger charge is -2.08. The highest BCUT2D eigenvalue weighted by Gasteiger charge is 2.25. The van der Waals surface area contributed by atoms with E-state index in [0.29, 0.717) is 4.24 Å². The van der Waals surface area contributed by atoms with Crippen molar-refractivity contribution in [1.29, 1.82) is 5.26 Å². The molecule has 0 rings (SSSR count). The molecule has 0 aliphatic rings. The van der Waals surface area contributed by atoms with Crippen LogP contribution in [0.3, 0.4) is 0 Å². The van der Waals surface area contributed by atoms with Gasteiger partial charge in [0.1, 0.15) is 6.07 Å². The second kappa shape index (κ2) is 5.69. The predicted octanol–water partition coefficient (Wildman–Crippen LogP) is 2.23. The number of allylic oxidation sites excluding steroid dienone is 1. The first-order chi connectivity index (χ1) is 6.41. The molecule has 0 aromatic carbocycles. The third-order valence-corrected chi connectivity index (χ3v) is 6.08. The Bertz CT molecular complexity index is 357. The minimum absolute atomic E-state index is 0.104. The zero-order chi connectivity index (χ0) is 11.4. The Morgan fingerprint density at radius 2 is 1.71 bits per heavy atom. The molecule has 3 nitrogen and oxygen atoms in total. The quantitative estimate of drug-likeness (QED) is 0.717. The van der Waals surface area contributed by atoms with Gasteiger partial charge in [-0.25, -0.2) is 8.42 Å². The Labute approximate surface area is 93.9 Å². The molecule has 80 valence electrons. The van der Waals surface area contributed by atoms with Crippen molar-refractivity contribution < 1.29 is 8.42 Å². The summed E-state index contributed by atoms with van der Waals surface area (Å²) in [4.78, 5) is -0.104. The summed E-state index contributed by atoms with van der Waals surface area (Å²) >= 11 is 2.58. The summed E-state index contributed by atoms with van der Waals surface area (Å²) in [6.45, 7) is 3.15. The van der Waals surface area contributed by atoms with E-state index < -0.39 is 15.1 Å². The standard InChI is InChI=1S/C8H13NO2S3/c1-6(2)14(10,11)7(5-9)8(12-3)13-4/h6H,1-4H3. The van der Waals surface area contributed by atoms with E-state index in [1.54, 1.807) is 32.4 Å². The van der Waals surface area contributed by atoms with E-state index in [2.05, 4.69) is 0 Å². The number of hydrogen-bond donors (Lipinski definition) is 0. The van der Waals surface area contributed by atoms with Gasteiger partial charge in [-0.15, -0.1) is 23.5 Å². The van der Waals surface area contributed by atoms with E-state index in [1.165, 1.54) is 23.5 Å². The number of nitrogens with zero attached hydrogens (tertiary/aromatic N) is 1. The third kappa shape index (κ3) is 2.94. The monoisotopic (exact) mass is 251 g/mol. The summed E-state index contributed by atoms with van der Waals surface area (Å²) < 4.78 is 24.0. The first-order valence-corrected chi connectivity index (χ1v) is 7.87. The largest absolute Gasteiger partial charge is 0.223 e. The van der Waals surface area contributed by atoms with E-state index in [1.807, 2.05) is 0 Å². The first kappa shape index (κ1) is 13.9. The normalized spacial score (nSPS) is 11.1. The molecule has 0 unspecified atom stereocenters. The average Bonchev–Trinajstić information content (AvgIpc) is 2.13. The van der Waals surface area contributed by atoms with Crippen LogP contribution in [0.5, 0.6) is 0 Å². The molecule has 0 saturated carbocycles. The second-order valence-corrected chi connectivity index (χ2v) is 7.06. The van der Waals surface area contributed by atoms with Crippen molar-refractivity contribution in [2.24, 2.45) is 0 Å². The van der Waals surface area contributed by atoms with Crippen LogP contribution in [0.4, 0.5) is 0 Å². The Hall–Kier alpha value is -0.120. The lowest BCUT2D eigenvalue weighted by Crippen LogP contribution is -2.16. The summed E-state index contributed by atoms with van der Waals surface area (Å²) in [7, 11) is -3.44. The number of thioether (sulfide) groups is 2. The summed E-state index contributed by atoms with van der Waals surface area (Å²) in [6.07, 6.45) is 3.53. The average molecular weight is 251 g/mol. The lowest BCUT2D eigenvalue weighted by molar-refractivity contribution is 0.595. The van der Waals surface area contributed by atoms with E-state index >= 15 is 0 Å². The molecule has 0 saturated heterocycles. The van der Waals surface area contributed by atoms with E-state index in [-0.39, 0.29) is 4.91 Å². The Balaban J connectivity index is 5.54. The molecule has 0 radical (unpaired) electrons. The van der Waals surface area contributed by atoms with Gasteiger partial charge in [0.25, 0.3) is 0 Å². The number of rotatable bonds is 4. The molecule has 0 aliphatic heterocycles. The van der Waals surface area contributed by atoms with E-state index in [9.17, 15) is 8.42 Å². The second-order valence-electron chi connectivity index (χ2n) is 2.73. The van der Waals surface area contributed by atoms with Crippen molar-refractivity contribution in [2.75, 3.05) is 12.5 Å². The van der Waals surface area contributed by atoms with Gasteiger partial charge in [0.15, 0.2) is 14.7 Å². The highest BCUT2D eigenvalue weighted by molar-refractivity contribution is 8.22. The van der Waals surface area contributed by atoms with Gasteiger partial charge in [-0.2, -0.15) is 5.26 Å². The molecule has 14 heavy (non-hydrogen) atoms. The number of sulfone groups is 1. The minimum atomic E-state index is -3.44. The van der Waals surface area contributed by atoms with Crippen molar-refractivity contribution >= 4 is 33.4 Å². The van der Waals surface area contributed by atoms with Crippen molar-refractivity contribution in [3.63, 3.8) is 0 Å². The molecule has 0 N–H and O–H groups in total. The fraction of sp³-hybridized carbons (Fsp3) is 0.625. The van der Waals surface area contributed by atoms with Gasteiger partial charge >= 0.3 is 0 Å². The third-order valence-electron chi connectivity index (χ3n) is 1.56. The Morgan fingerprint density at radius 3 is 1.93 bits per heavy atom. The van der Waals surface area contributed by atoms with Gasteiger partial charge in [0, 0.05) is 0 Å². The fourth-order valence-corrected chi connectivity index (χ4v) is 3.89. The summed E-state index contributed by atoms with van der Waals surface area (Å²) in [5.41, 5.74) is 0. The van der Waals surface area contributed by atoms with Crippen LogP contribution in [0.1, 0.15) is 13.8 Å². The van der Waals surface area contributed by atoms with Crippen LogP contribution in [0.25, 0.3) is 0 Å². The maximum absolute atomic E-state index is 11.7. The highest BCUT2D eigenvalue weighted by Crippen LogP contribution is 2.31. The topological polar surface area (TPSA) is 57.9 Å². The van der Waals surface area contributed by atoms with Crippen LogP contribution in [-0.2, 0) is 9.84 Å². The lowest BCUT2D eigenvalue weighted by atomic mass is 10.6. The molecule has 0 aromatic rings. The highest BCUT2D eigenvalue weighted by atomic mass is 32.2. The molecule has 0 amide bonds. The summed E-state index contributed by atoms with van der Waals surface area (Å²) in [6, 6.07) is 1.78. The molecular weight excluding hydrogens is 238 g/mol. The van der Waals surface area contributed by atoms with Crippen molar-refractivity contribution in [3.8, 4) is 6.07 Å². The smallest absolute Gasteiger partial charge is 0.192 e. The van der Waals surface area contributed by atoms with Crippen LogP contribution in [0, 0.1) is 11.3 Å². The minimum Gasteiger partial charge on any atom is -0.223 e. The Morgan fingerprint density at radius 1 is 1.29 bits per heavy atom. The molecular formula is C8H13NO2S3. The SMILES string of the molecule is CSC(SC)=C(C#N)S(=O)(=O)C(C)C. The van der Waals surface area contributed by atoms with Gasteiger partial charge in [-0.3, -0.25) is 0 Å². The van der Waals surface area contributed by atoms with Crippen molar-refractivity contribution in [3.05, 3.63) is 9.14 Å². The first-order valence-electron chi connectivity index (χ1n) is 3.88. The van der Waals surface area contributed by atoms with Gasteiger partial charge in [-0.1, -0.05) is 0 Å². The van der Waals surface area contributed by atoms with E-state index in [0.717, 1.165) is 0 Å². The maximum Gasteiger partial charge on any atom is 0.192 e. The Kier molecular flexibility index (Phi) is 5.64. The maximum atomic E-state index is 11.7. The zero-order valence-corrected chi connectivity index (χ0v) is 11.0. The summed E-state index contributed by atoms with van der Waals surface area (Å²) in [5.74, 6) is 0. The summed E-state index contributed by atoms with van der Waals surface area (Å²) in [5, 5.41) is 8.28. The van der Waals surface area contributed by atoms with Gasteiger partial charge in [0.05, 0.1) is 9.49 Å². The van der Waals surface area contributed by atoms with Gasteiger partial charge < -0.3 is 0 Å². The molecule has 0 aromatic heterocycles. The van der Waals surface area contributed by atoms with Crippen LogP contribution in [0.15, 0.2) is 9.14 Å². The molecule has 0 atom stereocenters. The van der Waals surface area contributed by atoms with Gasteiger partial charge in [-0.05, 0) is 26.4 Å². The zero-order valence-electron chi connectivity index (χ0n) is 8.57. The van der Waals surface area contributed by atoms with E-state index in [4.69, 9.17) is 5.26 Å². The number of hydrogen-bond acceptors (Lipinski definition) is 5. The molecule has 0 heterocycles. The molecule has 6 heteroatoms. The van der Waals surface area contributed by atoms with Crippen LogP contribution in [0.2, 0.25) is 0 Å². The molecule has 0 bridgehead atoms. The molecule has 0 spiro atoms.